The number of halogens is 3. The van der Waals surface area contributed by atoms with Crippen molar-refractivity contribution in [2.75, 3.05) is 40.5 Å². The lowest BCUT2D eigenvalue weighted by atomic mass is 9.88. The Labute approximate surface area is 362 Å². The van der Waals surface area contributed by atoms with Gasteiger partial charge in [0.1, 0.15) is 32.8 Å². The molecule has 2 aromatic rings. The van der Waals surface area contributed by atoms with Crippen molar-refractivity contribution in [2.45, 2.75) is 87.2 Å². The number of thiophene rings is 2. The summed E-state index contributed by atoms with van der Waals surface area (Å²) in [5.74, 6) is -0.195. The Morgan fingerprint density at radius 3 is 1.60 bits per heavy atom. The fourth-order valence-electron chi connectivity index (χ4n) is 6.36. The third-order valence-electron chi connectivity index (χ3n) is 8.83. The zero-order chi connectivity index (χ0) is 43.6. The van der Waals surface area contributed by atoms with E-state index < -0.39 is 65.0 Å². The number of carbonyl (C=O) groups is 2. The highest BCUT2D eigenvalue weighted by molar-refractivity contribution is 9.11. The van der Waals surface area contributed by atoms with Gasteiger partial charge in [0.2, 0.25) is 32.0 Å². The molecule has 4 aliphatic heterocycles. The molecule has 0 radical (unpaired) electrons. The average Bonchev–Trinajstić information content (AvgIpc) is 3.69. The van der Waals surface area contributed by atoms with Gasteiger partial charge in [-0.1, -0.05) is 23.2 Å². The van der Waals surface area contributed by atoms with Gasteiger partial charge in [-0.05, 0) is 75.0 Å². The predicted molar refractivity (Wildman–Crippen MR) is 220 cm³/mol. The Bertz CT molecular complexity index is 2200. The molecule has 322 valence electrons. The third-order valence-corrected chi connectivity index (χ3v) is 16.9. The summed E-state index contributed by atoms with van der Waals surface area (Å²) >= 11 is 18.8. The largest absolute Gasteiger partial charge is 0.444 e. The summed E-state index contributed by atoms with van der Waals surface area (Å²) in [5, 5.41) is 5.74. The fraction of sp³-hybridized carbons (Fsp3) is 0.606. The van der Waals surface area contributed by atoms with Gasteiger partial charge in [0.05, 0.1) is 36.8 Å². The number of sulfonamides is 2. The SMILES string of the molecule is CN1C(NC(=O)OC(C)(C)C)=N[C@@]2(c3sc(Br)cc3Cl)CCOCC2S1(=O)=O.CN1C(NC(=O)OC(C)(C)C)=N[C@@]2(c3sccc3Cl)CCOCC2S1(=O)=O.O=C=O. The molecule has 4 aliphatic rings. The highest BCUT2D eigenvalue weighted by Gasteiger charge is 2.58. The lowest BCUT2D eigenvalue weighted by Gasteiger charge is -2.45. The number of aliphatic imine (C=N–C) groups is 2. The van der Waals surface area contributed by atoms with Crippen molar-refractivity contribution in [3.05, 3.63) is 41.1 Å². The molecule has 0 bridgehead atoms. The van der Waals surface area contributed by atoms with Crippen molar-refractivity contribution in [1.82, 2.24) is 19.2 Å². The van der Waals surface area contributed by atoms with Crippen LogP contribution in [0.15, 0.2) is 31.3 Å². The number of nitrogens with zero attached hydrogens (tertiary/aromatic N) is 4. The van der Waals surface area contributed by atoms with E-state index in [2.05, 4.69) is 31.6 Å². The zero-order valence-corrected chi connectivity index (χ0v) is 38.9. The van der Waals surface area contributed by atoms with E-state index >= 15 is 0 Å². The number of ether oxygens (including phenoxy) is 4. The molecular weight excluding hydrogens is 951 g/mol. The first-order valence-electron chi connectivity index (χ1n) is 17.2. The number of hydrogen-bond acceptors (Lipinski definition) is 16. The van der Waals surface area contributed by atoms with E-state index in [0.29, 0.717) is 45.9 Å². The molecule has 6 heterocycles. The minimum absolute atomic E-state index is 0.00409. The Kier molecular flexibility index (Phi) is 14.8. The second kappa shape index (κ2) is 18.0. The quantitative estimate of drug-likeness (QED) is 0.393. The molecule has 25 heteroatoms. The molecule has 0 spiro atoms. The average molecular weight is 995 g/mol. The molecule has 2 saturated heterocycles. The Morgan fingerprint density at radius 2 is 1.26 bits per heavy atom. The number of fused-ring (bicyclic) bond motifs is 2. The maximum absolute atomic E-state index is 13.2. The summed E-state index contributed by atoms with van der Waals surface area (Å²) in [5.41, 5.74) is -3.73. The van der Waals surface area contributed by atoms with Crippen LogP contribution in [-0.4, -0.2) is 118 Å². The minimum Gasteiger partial charge on any atom is -0.444 e. The standard InChI is InChI=1S/C16H21BrClN3O5S2.C16H22ClN3O5S2.CO2/c1-15(2,3)26-14(22)19-13-20-16(12-9(18)7-11(17)27-12)5-6-25-8-10(16)28(23,24)21(13)4;1-15(2,3)25-14(21)18-13-19-16(12-10(17)5-8-26-12)6-7-24-9-11(16)27(22,23)20(13)4;2-1-3/h7,10H,5-6,8H2,1-4H3,(H,19,20,22);5,8,11H,6-7,9H2,1-4H3,(H,18,19,21);/t10?,16-;11?,16-;/m00./s1. The Balaban J connectivity index is 0.000000241. The topological polar surface area (TPSA) is 229 Å². The highest BCUT2D eigenvalue weighted by Crippen LogP contribution is 2.50. The molecule has 6 rings (SSSR count). The van der Waals surface area contributed by atoms with Gasteiger partial charge in [-0.3, -0.25) is 10.6 Å². The normalized spacial score (nSPS) is 26.0. The van der Waals surface area contributed by atoms with Crippen LogP contribution in [-0.2, 0) is 59.7 Å². The smallest absolute Gasteiger partial charge is 0.414 e. The molecule has 18 nitrogen and oxygen atoms in total. The number of nitrogens with one attached hydrogen (secondary N) is 2. The molecule has 4 atom stereocenters. The molecule has 2 aromatic heterocycles. The van der Waals surface area contributed by atoms with Gasteiger partial charge in [0.15, 0.2) is 0 Å². The van der Waals surface area contributed by atoms with Crippen molar-refractivity contribution in [2.24, 2.45) is 9.98 Å². The van der Waals surface area contributed by atoms with E-state index in [-0.39, 0.29) is 31.3 Å². The number of rotatable bonds is 2. The van der Waals surface area contributed by atoms with Crippen molar-refractivity contribution in [1.29, 1.82) is 0 Å². The summed E-state index contributed by atoms with van der Waals surface area (Å²) in [6.07, 6.45) is -0.657. The van der Waals surface area contributed by atoms with Crippen molar-refractivity contribution >= 4 is 112 Å². The number of amides is 2. The summed E-state index contributed by atoms with van der Waals surface area (Å²) in [4.78, 5) is 51.4. The molecule has 2 amide bonds. The van der Waals surface area contributed by atoms with Gasteiger partial charge in [-0.15, -0.1) is 22.7 Å². The van der Waals surface area contributed by atoms with Gasteiger partial charge >= 0.3 is 18.3 Å². The molecule has 58 heavy (non-hydrogen) atoms. The summed E-state index contributed by atoms with van der Waals surface area (Å²) < 4.78 is 76.9. The van der Waals surface area contributed by atoms with Gasteiger partial charge in [0.25, 0.3) is 0 Å². The first-order chi connectivity index (χ1) is 26.8. The number of hydrogen-bond donors (Lipinski definition) is 2. The van der Waals surface area contributed by atoms with Gasteiger partial charge in [-0.2, -0.15) is 9.59 Å². The van der Waals surface area contributed by atoms with E-state index in [4.69, 9.17) is 56.7 Å². The number of guanidine groups is 2. The lowest BCUT2D eigenvalue weighted by molar-refractivity contribution is -0.191. The van der Waals surface area contributed by atoms with E-state index in [1.54, 1.807) is 59.1 Å². The second-order valence-electron chi connectivity index (χ2n) is 15.0. The van der Waals surface area contributed by atoms with Crippen molar-refractivity contribution in [3.8, 4) is 0 Å². The lowest BCUT2D eigenvalue weighted by Crippen LogP contribution is -2.62. The fourth-order valence-corrected chi connectivity index (χ4v) is 13.8. The van der Waals surface area contributed by atoms with Crippen molar-refractivity contribution in [3.63, 3.8) is 0 Å². The van der Waals surface area contributed by atoms with E-state index in [1.807, 2.05) is 0 Å². The molecular formula is C33H43BrCl2N6O12S4. The van der Waals surface area contributed by atoms with Gasteiger partial charge < -0.3 is 18.9 Å². The third kappa shape index (κ3) is 10.2. The molecule has 0 aliphatic carbocycles. The summed E-state index contributed by atoms with van der Waals surface area (Å²) in [6, 6.07) is 3.43. The molecule has 0 saturated carbocycles. The highest BCUT2D eigenvalue weighted by atomic mass is 79.9. The van der Waals surface area contributed by atoms with Gasteiger partial charge in [-0.25, -0.2) is 45.0 Å². The second-order valence-corrected chi connectivity index (χ2v) is 23.5. The molecule has 2 unspecified atom stereocenters. The van der Waals surface area contributed by atoms with Crippen LogP contribution in [0.4, 0.5) is 9.59 Å². The Hall–Kier alpha value is -2.86. The van der Waals surface area contributed by atoms with Crippen LogP contribution in [0.5, 0.6) is 0 Å². The Morgan fingerprint density at radius 1 is 0.845 bits per heavy atom. The van der Waals surface area contributed by atoms with Crippen LogP contribution < -0.4 is 10.6 Å². The zero-order valence-electron chi connectivity index (χ0n) is 32.6. The van der Waals surface area contributed by atoms with Crippen LogP contribution in [0.1, 0.15) is 64.1 Å². The van der Waals surface area contributed by atoms with Crippen LogP contribution >= 0.6 is 61.8 Å². The maximum Gasteiger partial charge on any atom is 0.414 e. The first kappa shape index (κ1) is 47.8. The first-order valence-corrected chi connectivity index (χ1v) is 23.5. The van der Waals surface area contributed by atoms with Crippen LogP contribution in [0.25, 0.3) is 0 Å². The van der Waals surface area contributed by atoms with Crippen LogP contribution in [0, 0.1) is 0 Å². The number of alkyl carbamates (subject to hydrolysis) is 2. The van der Waals surface area contributed by atoms with E-state index in [0.717, 1.165) is 12.4 Å². The molecule has 0 aromatic carbocycles. The van der Waals surface area contributed by atoms with Crippen LogP contribution in [0.3, 0.4) is 0 Å². The maximum atomic E-state index is 13.2. The predicted octanol–water partition coefficient (Wildman–Crippen LogP) is 5.26. The molecule has 2 N–H and O–H groups in total. The monoisotopic (exact) mass is 992 g/mol. The minimum atomic E-state index is -3.87. The van der Waals surface area contributed by atoms with E-state index in [1.165, 1.54) is 36.8 Å². The van der Waals surface area contributed by atoms with Gasteiger partial charge in [0, 0.05) is 40.2 Å². The summed E-state index contributed by atoms with van der Waals surface area (Å²) in [7, 11) is -5.03. The summed E-state index contributed by atoms with van der Waals surface area (Å²) in [6.45, 7) is 11.0. The van der Waals surface area contributed by atoms with E-state index in [9.17, 15) is 26.4 Å². The van der Waals surface area contributed by atoms with Crippen LogP contribution in [0.2, 0.25) is 10.0 Å². The molecule has 2 fully saturated rings. The van der Waals surface area contributed by atoms with Crippen molar-refractivity contribution < 1.29 is 55.0 Å². The number of carbonyl (C=O) groups excluding carboxylic acids is 4.